The number of nitrogens with zero attached hydrogens (tertiary/aromatic N) is 2. The van der Waals surface area contributed by atoms with Crippen molar-refractivity contribution in [3.05, 3.63) is 39.5 Å². The maximum Gasteiger partial charge on any atom is 0.354 e. The molecule has 156 valence electrons. The zero-order chi connectivity index (χ0) is 21.0. The minimum atomic E-state index is -3.52. The van der Waals surface area contributed by atoms with Crippen LogP contribution in [0.4, 0.5) is 10.5 Å². The molecular formula is C19H24N4O4S2. The highest BCUT2D eigenvalue weighted by Gasteiger charge is 2.30. The Bertz CT molecular complexity index is 1110. The van der Waals surface area contributed by atoms with Gasteiger partial charge in [0.2, 0.25) is 0 Å². The average Bonchev–Trinajstić information content (AvgIpc) is 3.33. The number of hydrogen-bond donors (Lipinski definition) is 4. The molecule has 29 heavy (non-hydrogen) atoms. The monoisotopic (exact) mass is 436 g/mol. The molecule has 0 radical (unpaired) electrons. The number of carbonyl (C=O) groups is 1. The van der Waals surface area contributed by atoms with Crippen LogP contribution in [0.2, 0.25) is 0 Å². The third-order valence-electron chi connectivity index (χ3n) is 5.29. The lowest BCUT2D eigenvalue weighted by molar-refractivity contribution is 0.0783. The van der Waals surface area contributed by atoms with E-state index in [2.05, 4.69) is 20.7 Å². The molecule has 1 aromatic heterocycles. The predicted octanol–water partition coefficient (Wildman–Crippen LogP) is 2.77. The van der Waals surface area contributed by atoms with Crippen molar-refractivity contribution >= 4 is 33.0 Å². The summed E-state index contributed by atoms with van der Waals surface area (Å²) in [5, 5.41) is 29.4. The van der Waals surface area contributed by atoms with Crippen molar-refractivity contribution in [2.24, 2.45) is 9.50 Å². The average molecular weight is 437 g/mol. The van der Waals surface area contributed by atoms with Crippen LogP contribution in [-0.2, 0) is 34.8 Å². The number of amides is 2. The lowest BCUT2D eigenvalue weighted by Gasteiger charge is -2.17. The van der Waals surface area contributed by atoms with Crippen molar-refractivity contribution in [2.75, 3.05) is 5.32 Å². The van der Waals surface area contributed by atoms with Gasteiger partial charge in [0.15, 0.2) is 9.92 Å². The number of nitrogens with two attached hydrogens (primary N) is 1. The van der Waals surface area contributed by atoms with Gasteiger partial charge in [0.1, 0.15) is 14.8 Å². The van der Waals surface area contributed by atoms with Crippen molar-refractivity contribution in [1.82, 2.24) is 4.98 Å². The standard InChI is InChI=1S/C19H24N4O4S2/c1-19(2,26)17-21-9-14(28-17)29(20,27)23-18(25)22-16-12-5-3-4-10(12)8-11-6-7-13(24)15(11)16/h8-9,13,24,26H,3-7H2,1-2H3,(H3,20,22,23,25,27)/t13-,29-/m1/s1. The topological polar surface area (TPSA) is 138 Å². The van der Waals surface area contributed by atoms with Crippen LogP contribution in [0.5, 0.6) is 0 Å². The molecule has 0 unspecified atom stereocenters. The van der Waals surface area contributed by atoms with E-state index in [-0.39, 0.29) is 4.21 Å². The number of rotatable bonds is 3. The van der Waals surface area contributed by atoms with Crippen LogP contribution < -0.4 is 10.5 Å². The minimum Gasteiger partial charge on any atom is -0.388 e. The molecule has 10 heteroatoms. The number of nitrogens with one attached hydrogen (secondary N) is 1. The highest BCUT2D eigenvalue weighted by molar-refractivity contribution is 7.93. The molecule has 2 amide bonds. The third kappa shape index (κ3) is 3.82. The molecule has 0 aliphatic heterocycles. The van der Waals surface area contributed by atoms with E-state index in [0.717, 1.165) is 53.7 Å². The summed E-state index contributed by atoms with van der Waals surface area (Å²) in [5.74, 6) is 0. The Labute approximate surface area is 173 Å². The van der Waals surface area contributed by atoms with Gasteiger partial charge in [-0.1, -0.05) is 6.07 Å². The van der Waals surface area contributed by atoms with E-state index >= 15 is 0 Å². The van der Waals surface area contributed by atoms with Gasteiger partial charge in [-0.15, -0.1) is 15.7 Å². The predicted molar refractivity (Wildman–Crippen MR) is 111 cm³/mol. The number of aromatic nitrogens is 1. The summed E-state index contributed by atoms with van der Waals surface area (Å²) in [6.07, 6.45) is 4.76. The van der Waals surface area contributed by atoms with Gasteiger partial charge < -0.3 is 15.5 Å². The second kappa shape index (κ2) is 7.13. The summed E-state index contributed by atoms with van der Waals surface area (Å²) in [4.78, 5) is 16.7. The van der Waals surface area contributed by atoms with E-state index in [0.29, 0.717) is 17.1 Å². The maximum absolute atomic E-state index is 12.9. The lowest BCUT2D eigenvalue weighted by Crippen LogP contribution is -2.18. The second-order valence-corrected chi connectivity index (χ2v) is 11.1. The second-order valence-electron chi connectivity index (χ2n) is 8.00. The van der Waals surface area contributed by atoms with Crippen LogP contribution in [0.3, 0.4) is 0 Å². The minimum absolute atomic E-state index is 0.119. The van der Waals surface area contributed by atoms with Crippen LogP contribution in [0.25, 0.3) is 0 Å². The van der Waals surface area contributed by atoms with E-state index < -0.39 is 27.7 Å². The van der Waals surface area contributed by atoms with Gasteiger partial charge in [-0.05, 0) is 62.6 Å². The Balaban J connectivity index is 1.67. The first-order valence-corrected chi connectivity index (χ1v) is 11.9. The molecule has 0 saturated heterocycles. The quantitative estimate of drug-likeness (QED) is 0.586. The normalized spacial score (nSPS) is 20.1. The third-order valence-corrected chi connectivity index (χ3v) is 8.48. The van der Waals surface area contributed by atoms with Gasteiger partial charge in [0.25, 0.3) is 0 Å². The zero-order valence-corrected chi connectivity index (χ0v) is 17.9. The number of carbonyl (C=O) groups excluding carboxylic acids is 1. The summed E-state index contributed by atoms with van der Waals surface area (Å²) >= 11 is 0.960. The van der Waals surface area contributed by atoms with Crippen molar-refractivity contribution < 1.29 is 19.2 Å². The Hall–Kier alpha value is -1.85. The molecular weight excluding hydrogens is 412 g/mol. The number of benzene rings is 1. The van der Waals surface area contributed by atoms with E-state index in [1.807, 2.05) is 0 Å². The SMILES string of the molecule is CC(C)(O)c1ncc([S@](N)(=O)=NC(=O)Nc2c3c(cc4c2[C@H](O)CC4)CCC3)s1. The molecule has 0 fully saturated rings. The van der Waals surface area contributed by atoms with E-state index in [1.54, 1.807) is 13.8 Å². The first-order chi connectivity index (χ1) is 13.6. The zero-order valence-electron chi connectivity index (χ0n) is 16.3. The Morgan fingerprint density at radius 3 is 2.83 bits per heavy atom. The smallest absolute Gasteiger partial charge is 0.354 e. The number of aryl methyl sites for hydroxylation is 2. The molecule has 4 rings (SSSR count). The molecule has 8 nitrogen and oxygen atoms in total. The number of urea groups is 1. The Morgan fingerprint density at radius 1 is 1.38 bits per heavy atom. The summed E-state index contributed by atoms with van der Waals surface area (Å²) < 4.78 is 16.7. The number of thiazole rings is 1. The maximum atomic E-state index is 12.9. The number of aliphatic hydroxyl groups excluding tert-OH is 1. The van der Waals surface area contributed by atoms with E-state index in [4.69, 9.17) is 5.14 Å². The Kier molecular flexibility index (Phi) is 5.02. The number of anilines is 1. The van der Waals surface area contributed by atoms with Gasteiger partial charge >= 0.3 is 6.03 Å². The molecule has 0 bridgehead atoms. The van der Waals surface area contributed by atoms with Gasteiger partial charge in [-0.3, -0.25) is 0 Å². The van der Waals surface area contributed by atoms with Gasteiger partial charge in [0.05, 0.1) is 18.0 Å². The highest BCUT2D eigenvalue weighted by Crippen LogP contribution is 2.43. The van der Waals surface area contributed by atoms with Gasteiger partial charge in [-0.2, -0.15) is 0 Å². The molecule has 2 aliphatic rings. The van der Waals surface area contributed by atoms with Crippen LogP contribution in [0, 0.1) is 0 Å². The first kappa shape index (κ1) is 20.4. The van der Waals surface area contributed by atoms with E-state index in [9.17, 15) is 19.2 Å². The summed E-state index contributed by atoms with van der Waals surface area (Å²) in [5.41, 5.74) is 3.35. The number of hydrogen-bond acceptors (Lipinski definition) is 6. The van der Waals surface area contributed by atoms with Crippen LogP contribution in [0.15, 0.2) is 20.8 Å². The van der Waals surface area contributed by atoms with Crippen LogP contribution >= 0.6 is 11.3 Å². The largest absolute Gasteiger partial charge is 0.388 e. The van der Waals surface area contributed by atoms with Crippen molar-refractivity contribution in [3.63, 3.8) is 0 Å². The fourth-order valence-electron chi connectivity index (χ4n) is 3.97. The lowest BCUT2D eigenvalue weighted by atomic mass is 9.98. The molecule has 2 atom stereocenters. The van der Waals surface area contributed by atoms with Crippen molar-refractivity contribution in [1.29, 1.82) is 0 Å². The molecule has 5 N–H and O–H groups in total. The van der Waals surface area contributed by atoms with Crippen LogP contribution in [0.1, 0.15) is 60.1 Å². The Morgan fingerprint density at radius 2 is 2.14 bits per heavy atom. The first-order valence-electron chi connectivity index (χ1n) is 9.46. The molecule has 0 spiro atoms. The number of aliphatic hydroxyl groups is 2. The van der Waals surface area contributed by atoms with Crippen LogP contribution in [-0.4, -0.2) is 25.4 Å². The molecule has 1 heterocycles. The van der Waals surface area contributed by atoms with E-state index in [1.165, 1.54) is 11.8 Å². The van der Waals surface area contributed by atoms with Gasteiger partial charge in [0, 0.05) is 5.56 Å². The summed E-state index contributed by atoms with van der Waals surface area (Å²) in [6.45, 7) is 3.11. The number of fused-ring (bicyclic) bond motifs is 2. The summed E-state index contributed by atoms with van der Waals surface area (Å²) in [6, 6.07) is 1.31. The molecule has 2 aliphatic carbocycles. The highest BCUT2D eigenvalue weighted by atomic mass is 32.2. The van der Waals surface area contributed by atoms with Gasteiger partial charge in [-0.25, -0.2) is 19.1 Å². The molecule has 1 aromatic carbocycles. The molecule has 2 aromatic rings. The van der Waals surface area contributed by atoms with Crippen molar-refractivity contribution in [2.45, 2.75) is 61.9 Å². The van der Waals surface area contributed by atoms with Crippen molar-refractivity contribution in [3.8, 4) is 0 Å². The molecule has 0 saturated carbocycles. The summed E-state index contributed by atoms with van der Waals surface area (Å²) in [7, 11) is -3.52. The fraction of sp³-hybridized carbons (Fsp3) is 0.474. The fourth-order valence-corrected chi connectivity index (χ4v) is 6.03.